The molecular weight excluding hydrogens is 322 g/mol. The highest BCUT2D eigenvalue weighted by molar-refractivity contribution is 7.13. The van der Waals surface area contributed by atoms with Crippen molar-refractivity contribution < 1.29 is 4.79 Å². The van der Waals surface area contributed by atoms with Crippen LogP contribution in [-0.4, -0.2) is 37.3 Å². The van der Waals surface area contributed by atoms with Gasteiger partial charge in [-0.05, 0) is 11.4 Å². The lowest BCUT2D eigenvalue weighted by atomic mass is 9.83. The molecule has 0 radical (unpaired) electrons. The van der Waals surface area contributed by atoms with Gasteiger partial charge in [0.25, 0.3) is 5.91 Å². The van der Waals surface area contributed by atoms with E-state index in [0.29, 0.717) is 18.7 Å². The molecule has 3 aromatic heterocycles. The number of hydrogen-bond donors (Lipinski definition) is 1. The van der Waals surface area contributed by atoms with Gasteiger partial charge in [-0.2, -0.15) is 10.2 Å². The lowest BCUT2D eigenvalue weighted by molar-refractivity contribution is 0.0685. The summed E-state index contributed by atoms with van der Waals surface area (Å²) < 4.78 is 1.71. The highest BCUT2D eigenvalue weighted by Crippen LogP contribution is 2.34. The van der Waals surface area contributed by atoms with Crippen LogP contribution in [0.1, 0.15) is 35.5 Å². The van der Waals surface area contributed by atoms with Crippen molar-refractivity contribution in [1.82, 2.24) is 24.9 Å². The molecule has 3 aromatic rings. The summed E-state index contributed by atoms with van der Waals surface area (Å²) in [5, 5.41) is 13.7. The molecule has 0 spiro atoms. The molecule has 0 aliphatic carbocycles. The molecule has 1 aliphatic heterocycles. The standard InChI is InChI=1S/C17H19N5OS/c1-17(2)10-22(8-11-7-18-19-15(11)17)16(23)12-9-21(3)20-14(12)13-5-4-6-24-13/h4-7,9H,8,10H2,1-3H3,(H,18,19). The van der Waals surface area contributed by atoms with Crippen LogP contribution in [-0.2, 0) is 19.0 Å². The van der Waals surface area contributed by atoms with Crippen LogP contribution in [0.25, 0.3) is 10.6 Å². The smallest absolute Gasteiger partial charge is 0.258 e. The Hall–Kier alpha value is -2.41. The molecular formula is C17H19N5OS. The van der Waals surface area contributed by atoms with Gasteiger partial charge in [0.05, 0.1) is 16.6 Å². The first-order valence-corrected chi connectivity index (χ1v) is 8.73. The summed E-state index contributed by atoms with van der Waals surface area (Å²) in [7, 11) is 1.85. The minimum absolute atomic E-state index is 0.0198. The molecule has 1 amide bonds. The van der Waals surface area contributed by atoms with Gasteiger partial charge in [0.2, 0.25) is 0 Å². The Kier molecular flexibility index (Phi) is 3.35. The maximum absolute atomic E-state index is 13.2. The lowest BCUT2D eigenvalue weighted by Crippen LogP contribution is -2.45. The number of thiophene rings is 1. The number of carbonyl (C=O) groups is 1. The molecule has 0 aromatic carbocycles. The number of nitrogens with one attached hydrogen (secondary N) is 1. The van der Waals surface area contributed by atoms with E-state index in [1.54, 1.807) is 16.0 Å². The Balaban J connectivity index is 1.71. The van der Waals surface area contributed by atoms with E-state index in [4.69, 9.17) is 0 Å². The molecule has 0 unspecified atom stereocenters. The normalized spacial score (nSPS) is 16.2. The summed E-state index contributed by atoms with van der Waals surface area (Å²) in [6, 6.07) is 3.97. The topological polar surface area (TPSA) is 66.8 Å². The summed E-state index contributed by atoms with van der Waals surface area (Å²) in [6.07, 6.45) is 3.63. The van der Waals surface area contributed by atoms with Crippen molar-refractivity contribution >= 4 is 17.2 Å². The second-order valence-corrected chi connectivity index (χ2v) is 7.81. The molecule has 4 rings (SSSR count). The summed E-state index contributed by atoms with van der Waals surface area (Å²) in [4.78, 5) is 16.1. The van der Waals surface area contributed by atoms with Gasteiger partial charge >= 0.3 is 0 Å². The molecule has 24 heavy (non-hydrogen) atoms. The molecule has 6 nitrogen and oxygen atoms in total. The largest absolute Gasteiger partial charge is 0.333 e. The second-order valence-electron chi connectivity index (χ2n) is 6.86. The third-order valence-corrected chi connectivity index (χ3v) is 5.32. The van der Waals surface area contributed by atoms with E-state index in [1.807, 2.05) is 41.9 Å². The van der Waals surface area contributed by atoms with Gasteiger partial charge in [-0.15, -0.1) is 11.3 Å². The number of amides is 1. The summed E-state index contributed by atoms with van der Waals surface area (Å²) in [6.45, 7) is 5.49. The van der Waals surface area contributed by atoms with E-state index >= 15 is 0 Å². The molecule has 0 bridgehead atoms. The van der Waals surface area contributed by atoms with Gasteiger partial charge < -0.3 is 4.90 Å². The third kappa shape index (κ3) is 2.36. The summed E-state index contributed by atoms with van der Waals surface area (Å²) in [5.74, 6) is 0.0198. The maximum atomic E-state index is 13.2. The zero-order valence-corrected chi connectivity index (χ0v) is 14.7. The molecule has 0 fully saturated rings. The van der Waals surface area contributed by atoms with Crippen LogP contribution in [0.5, 0.6) is 0 Å². The summed E-state index contributed by atoms with van der Waals surface area (Å²) in [5.41, 5.74) is 3.47. The Morgan fingerprint density at radius 3 is 3.00 bits per heavy atom. The minimum atomic E-state index is -0.148. The first kappa shape index (κ1) is 15.1. The molecule has 124 valence electrons. The van der Waals surface area contributed by atoms with Crippen LogP contribution in [0.4, 0.5) is 0 Å². The van der Waals surface area contributed by atoms with Gasteiger partial charge in [-0.3, -0.25) is 14.6 Å². The highest BCUT2D eigenvalue weighted by atomic mass is 32.1. The van der Waals surface area contributed by atoms with Gasteiger partial charge in [0, 0.05) is 43.0 Å². The van der Waals surface area contributed by atoms with E-state index in [9.17, 15) is 4.79 Å². The second kappa shape index (κ2) is 5.31. The number of aryl methyl sites for hydroxylation is 1. The van der Waals surface area contributed by atoms with E-state index in [1.165, 1.54) is 0 Å². The average Bonchev–Trinajstić information content (AvgIpc) is 3.25. The summed E-state index contributed by atoms with van der Waals surface area (Å²) >= 11 is 1.60. The van der Waals surface area contributed by atoms with Gasteiger partial charge in [0.1, 0.15) is 5.69 Å². The van der Waals surface area contributed by atoms with Crippen molar-refractivity contribution in [3.05, 3.63) is 46.7 Å². The van der Waals surface area contributed by atoms with Gasteiger partial charge in [-0.1, -0.05) is 19.9 Å². The van der Waals surface area contributed by atoms with Crippen LogP contribution in [0.15, 0.2) is 29.9 Å². The number of fused-ring (bicyclic) bond motifs is 1. The SMILES string of the molecule is Cn1cc(C(=O)N2Cc3cn[nH]c3C(C)(C)C2)c(-c2cccs2)n1. The Morgan fingerprint density at radius 2 is 2.25 bits per heavy atom. The fourth-order valence-electron chi connectivity index (χ4n) is 3.39. The van der Waals surface area contributed by atoms with Crippen molar-refractivity contribution in [2.24, 2.45) is 7.05 Å². The third-order valence-electron chi connectivity index (χ3n) is 4.44. The number of aromatic amines is 1. The van der Waals surface area contributed by atoms with Gasteiger partial charge in [0.15, 0.2) is 0 Å². The predicted octanol–water partition coefficient (Wildman–Crippen LogP) is 2.81. The zero-order chi connectivity index (χ0) is 16.9. The monoisotopic (exact) mass is 341 g/mol. The van der Waals surface area contributed by atoms with Crippen molar-refractivity contribution in [2.75, 3.05) is 6.54 Å². The molecule has 4 heterocycles. The van der Waals surface area contributed by atoms with Crippen LogP contribution in [0.3, 0.4) is 0 Å². The molecule has 0 saturated heterocycles. The van der Waals surface area contributed by atoms with E-state index in [0.717, 1.165) is 21.8 Å². The fraction of sp³-hybridized carbons (Fsp3) is 0.353. The van der Waals surface area contributed by atoms with Crippen LogP contribution in [0.2, 0.25) is 0 Å². The number of rotatable bonds is 2. The van der Waals surface area contributed by atoms with Crippen molar-refractivity contribution in [3.63, 3.8) is 0 Å². The number of carbonyl (C=O) groups excluding carboxylic acids is 1. The van der Waals surface area contributed by atoms with E-state index in [2.05, 4.69) is 29.1 Å². The molecule has 7 heteroatoms. The highest BCUT2D eigenvalue weighted by Gasteiger charge is 2.36. The Morgan fingerprint density at radius 1 is 1.42 bits per heavy atom. The quantitative estimate of drug-likeness (QED) is 0.779. The van der Waals surface area contributed by atoms with Crippen LogP contribution >= 0.6 is 11.3 Å². The Bertz CT molecular complexity index is 890. The van der Waals surface area contributed by atoms with Crippen molar-refractivity contribution in [3.8, 4) is 10.6 Å². The molecule has 1 N–H and O–H groups in total. The number of H-pyrrole nitrogens is 1. The fourth-order valence-corrected chi connectivity index (χ4v) is 4.11. The van der Waals surface area contributed by atoms with Crippen molar-refractivity contribution in [1.29, 1.82) is 0 Å². The zero-order valence-electron chi connectivity index (χ0n) is 13.9. The van der Waals surface area contributed by atoms with E-state index in [-0.39, 0.29) is 11.3 Å². The first-order chi connectivity index (χ1) is 11.5. The first-order valence-electron chi connectivity index (χ1n) is 7.85. The predicted molar refractivity (Wildman–Crippen MR) is 92.9 cm³/mol. The maximum Gasteiger partial charge on any atom is 0.258 e. The van der Waals surface area contributed by atoms with Crippen LogP contribution < -0.4 is 0 Å². The molecule has 1 aliphatic rings. The number of nitrogens with zero attached hydrogens (tertiary/aromatic N) is 4. The molecule has 0 saturated carbocycles. The number of aromatic nitrogens is 4. The average molecular weight is 341 g/mol. The van der Waals surface area contributed by atoms with E-state index < -0.39 is 0 Å². The minimum Gasteiger partial charge on any atom is -0.333 e. The molecule has 0 atom stereocenters. The lowest BCUT2D eigenvalue weighted by Gasteiger charge is -2.37. The van der Waals surface area contributed by atoms with Crippen molar-refractivity contribution in [2.45, 2.75) is 25.8 Å². The Labute approximate surface area is 144 Å². The number of hydrogen-bond acceptors (Lipinski definition) is 4. The van der Waals surface area contributed by atoms with Gasteiger partial charge in [-0.25, -0.2) is 0 Å². The van der Waals surface area contributed by atoms with Crippen LogP contribution in [0, 0.1) is 0 Å².